The van der Waals surface area contributed by atoms with Crippen LogP contribution in [0.5, 0.6) is 0 Å². The van der Waals surface area contributed by atoms with E-state index in [9.17, 15) is 0 Å². The minimum absolute atomic E-state index is 0.340. The summed E-state index contributed by atoms with van der Waals surface area (Å²) < 4.78 is 0. The molecule has 1 heterocycles. The van der Waals surface area contributed by atoms with Crippen LogP contribution in [-0.2, 0) is 0 Å². The maximum Gasteiger partial charge on any atom is 0.0280 e. The molecule has 0 radical (unpaired) electrons. The highest BCUT2D eigenvalue weighted by Gasteiger charge is 2.32. The molecular formula is C9H20N2. The molecule has 1 aliphatic rings. The average Bonchev–Trinajstić information content (AvgIpc) is 1.86. The molecule has 1 rings (SSSR count). The van der Waals surface area contributed by atoms with Crippen molar-refractivity contribution in [3.05, 3.63) is 0 Å². The third-order valence-corrected chi connectivity index (χ3v) is 2.65. The Kier molecular flexibility index (Phi) is 2.55. The van der Waals surface area contributed by atoms with Gasteiger partial charge in [-0.2, -0.15) is 0 Å². The Bertz CT molecular complexity index is 132. The van der Waals surface area contributed by atoms with Crippen molar-refractivity contribution in [2.75, 3.05) is 19.6 Å². The SMILES string of the molecule is CCN1C(C)CNCC1(C)C. The summed E-state index contributed by atoms with van der Waals surface area (Å²) in [6.45, 7) is 12.6. The second-order valence-electron chi connectivity index (χ2n) is 4.08. The molecule has 0 aromatic heterocycles. The van der Waals surface area contributed by atoms with E-state index in [4.69, 9.17) is 0 Å². The Morgan fingerprint density at radius 2 is 2.18 bits per heavy atom. The summed E-state index contributed by atoms with van der Waals surface area (Å²) >= 11 is 0. The van der Waals surface area contributed by atoms with Crippen molar-refractivity contribution in [1.29, 1.82) is 0 Å². The van der Waals surface area contributed by atoms with Crippen molar-refractivity contribution in [2.45, 2.75) is 39.3 Å². The van der Waals surface area contributed by atoms with E-state index in [0.717, 1.165) is 19.6 Å². The lowest BCUT2D eigenvalue weighted by Gasteiger charge is -2.46. The molecule has 0 aliphatic carbocycles. The first-order valence-electron chi connectivity index (χ1n) is 4.55. The largest absolute Gasteiger partial charge is 0.313 e. The van der Waals surface area contributed by atoms with Crippen molar-refractivity contribution >= 4 is 0 Å². The highest BCUT2D eigenvalue weighted by molar-refractivity contribution is 4.91. The predicted molar refractivity (Wildman–Crippen MR) is 48.8 cm³/mol. The molecule has 1 fully saturated rings. The lowest BCUT2D eigenvalue weighted by atomic mass is 9.97. The summed E-state index contributed by atoms with van der Waals surface area (Å²) in [5.41, 5.74) is 0.340. The lowest BCUT2D eigenvalue weighted by molar-refractivity contribution is 0.0513. The van der Waals surface area contributed by atoms with Gasteiger partial charge >= 0.3 is 0 Å². The van der Waals surface area contributed by atoms with Crippen molar-refractivity contribution in [2.24, 2.45) is 0 Å². The highest BCUT2D eigenvalue weighted by Crippen LogP contribution is 2.19. The van der Waals surface area contributed by atoms with E-state index in [1.807, 2.05) is 0 Å². The first-order valence-corrected chi connectivity index (χ1v) is 4.55. The van der Waals surface area contributed by atoms with E-state index in [2.05, 4.69) is 37.9 Å². The normalized spacial score (nSPS) is 32.2. The van der Waals surface area contributed by atoms with Gasteiger partial charge in [-0.25, -0.2) is 0 Å². The molecule has 1 saturated heterocycles. The minimum atomic E-state index is 0.340. The molecule has 2 nitrogen and oxygen atoms in total. The molecule has 0 bridgehead atoms. The number of hydrogen-bond donors (Lipinski definition) is 1. The van der Waals surface area contributed by atoms with Gasteiger partial charge in [0, 0.05) is 24.7 Å². The monoisotopic (exact) mass is 156 g/mol. The molecule has 2 heteroatoms. The van der Waals surface area contributed by atoms with Gasteiger partial charge in [-0.1, -0.05) is 6.92 Å². The van der Waals surface area contributed by atoms with Gasteiger partial charge in [0.15, 0.2) is 0 Å². The van der Waals surface area contributed by atoms with E-state index in [-0.39, 0.29) is 0 Å². The van der Waals surface area contributed by atoms with Crippen LogP contribution in [0.25, 0.3) is 0 Å². The highest BCUT2D eigenvalue weighted by atomic mass is 15.3. The van der Waals surface area contributed by atoms with E-state index in [1.165, 1.54) is 0 Å². The van der Waals surface area contributed by atoms with Gasteiger partial charge in [-0.15, -0.1) is 0 Å². The number of piperazine rings is 1. The zero-order valence-corrected chi connectivity index (χ0v) is 8.15. The number of nitrogens with one attached hydrogen (secondary N) is 1. The van der Waals surface area contributed by atoms with Gasteiger partial charge in [-0.05, 0) is 27.3 Å². The van der Waals surface area contributed by atoms with Crippen molar-refractivity contribution in [1.82, 2.24) is 10.2 Å². The van der Waals surface area contributed by atoms with Gasteiger partial charge in [0.05, 0.1) is 0 Å². The second kappa shape index (κ2) is 3.11. The topological polar surface area (TPSA) is 15.3 Å². The van der Waals surface area contributed by atoms with Gasteiger partial charge in [0.25, 0.3) is 0 Å². The first-order chi connectivity index (χ1) is 5.08. The van der Waals surface area contributed by atoms with Gasteiger partial charge in [-0.3, -0.25) is 4.90 Å². The number of rotatable bonds is 1. The Labute approximate surface area is 70.0 Å². The maximum atomic E-state index is 3.45. The Hall–Kier alpha value is -0.0800. The van der Waals surface area contributed by atoms with Crippen LogP contribution in [0.3, 0.4) is 0 Å². The van der Waals surface area contributed by atoms with Crippen molar-refractivity contribution in [3.63, 3.8) is 0 Å². The summed E-state index contributed by atoms with van der Waals surface area (Å²) in [6, 6.07) is 0.684. The summed E-state index contributed by atoms with van der Waals surface area (Å²) in [4.78, 5) is 2.56. The molecule has 0 aromatic rings. The number of likely N-dealkylation sites (N-methyl/N-ethyl adjacent to an activating group) is 1. The smallest absolute Gasteiger partial charge is 0.0280 e. The van der Waals surface area contributed by atoms with Gasteiger partial charge in [0.1, 0.15) is 0 Å². The number of hydrogen-bond acceptors (Lipinski definition) is 2. The van der Waals surface area contributed by atoms with E-state index >= 15 is 0 Å². The third kappa shape index (κ3) is 1.74. The van der Waals surface area contributed by atoms with Crippen LogP contribution in [0, 0.1) is 0 Å². The fraction of sp³-hybridized carbons (Fsp3) is 1.00. The molecule has 11 heavy (non-hydrogen) atoms. The molecule has 0 spiro atoms. The van der Waals surface area contributed by atoms with Crippen molar-refractivity contribution < 1.29 is 0 Å². The Balaban J connectivity index is 2.64. The zero-order chi connectivity index (χ0) is 8.48. The number of nitrogens with zero attached hydrogens (tertiary/aromatic N) is 1. The van der Waals surface area contributed by atoms with E-state index in [0.29, 0.717) is 11.6 Å². The lowest BCUT2D eigenvalue weighted by Crippen LogP contribution is -2.61. The van der Waals surface area contributed by atoms with Crippen LogP contribution >= 0.6 is 0 Å². The molecule has 1 aliphatic heterocycles. The van der Waals surface area contributed by atoms with Gasteiger partial charge in [0.2, 0.25) is 0 Å². The summed E-state index contributed by atoms with van der Waals surface area (Å²) in [5, 5.41) is 3.45. The fourth-order valence-electron chi connectivity index (χ4n) is 2.14. The van der Waals surface area contributed by atoms with Crippen LogP contribution in [-0.4, -0.2) is 36.1 Å². The van der Waals surface area contributed by atoms with Crippen LogP contribution in [0.4, 0.5) is 0 Å². The van der Waals surface area contributed by atoms with E-state index in [1.54, 1.807) is 0 Å². The van der Waals surface area contributed by atoms with Gasteiger partial charge < -0.3 is 5.32 Å². The standard InChI is InChI=1S/C9H20N2/c1-5-11-8(2)6-10-7-9(11,3)4/h8,10H,5-7H2,1-4H3. The quantitative estimate of drug-likeness (QED) is 0.611. The fourth-order valence-corrected chi connectivity index (χ4v) is 2.14. The molecule has 1 atom stereocenters. The second-order valence-corrected chi connectivity index (χ2v) is 4.08. The van der Waals surface area contributed by atoms with Crippen LogP contribution in [0.1, 0.15) is 27.7 Å². The first kappa shape index (κ1) is 9.01. The summed E-state index contributed by atoms with van der Waals surface area (Å²) in [5.74, 6) is 0. The van der Waals surface area contributed by atoms with Crippen LogP contribution in [0.2, 0.25) is 0 Å². The molecule has 0 aromatic carbocycles. The summed E-state index contributed by atoms with van der Waals surface area (Å²) in [6.07, 6.45) is 0. The summed E-state index contributed by atoms with van der Waals surface area (Å²) in [7, 11) is 0. The minimum Gasteiger partial charge on any atom is -0.313 e. The van der Waals surface area contributed by atoms with E-state index < -0.39 is 0 Å². The van der Waals surface area contributed by atoms with Crippen LogP contribution < -0.4 is 5.32 Å². The molecule has 0 saturated carbocycles. The molecule has 1 unspecified atom stereocenters. The predicted octanol–water partition coefficient (Wildman–Crippen LogP) is 1.08. The van der Waals surface area contributed by atoms with Crippen molar-refractivity contribution in [3.8, 4) is 0 Å². The molecule has 0 amide bonds. The van der Waals surface area contributed by atoms with Crippen LogP contribution in [0.15, 0.2) is 0 Å². The maximum absolute atomic E-state index is 3.45. The zero-order valence-electron chi connectivity index (χ0n) is 8.15. The Morgan fingerprint density at radius 3 is 2.55 bits per heavy atom. The molecule has 1 N–H and O–H groups in total. The third-order valence-electron chi connectivity index (χ3n) is 2.65. The molecule has 66 valence electrons. The molecular weight excluding hydrogens is 136 g/mol. The Morgan fingerprint density at radius 1 is 1.55 bits per heavy atom. The average molecular weight is 156 g/mol.